The molecule has 2 nitrogen and oxygen atoms in total. The van der Waals surface area contributed by atoms with E-state index in [1.54, 1.807) is 11.3 Å². The molecule has 0 aliphatic carbocycles. The molecule has 1 aromatic heterocycles. The van der Waals surface area contributed by atoms with Crippen molar-refractivity contribution in [1.82, 2.24) is 4.98 Å². The van der Waals surface area contributed by atoms with Crippen molar-refractivity contribution in [2.75, 3.05) is 5.32 Å². The van der Waals surface area contributed by atoms with Crippen molar-refractivity contribution in [3.05, 3.63) is 40.9 Å². The first kappa shape index (κ1) is 12.1. The Labute approximate surface area is 107 Å². The van der Waals surface area contributed by atoms with Crippen molar-refractivity contribution in [1.29, 1.82) is 0 Å². The smallest absolute Gasteiger partial charge is 0.187 e. The van der Waals surface area contributed by atoms with Crippen molar-refractivity contribution in [2.45, 2.75) is 33.1 Å². The van der Waals surface area contributed by atoms with Crippen LogP contribution in [0.5, 0.6) is 0 Å². The van der Waals surface area contributed by atoms with Gasteiger partial charge in [0.15, 0.2) is 5.13 Å². The van der Waals surface area contributed by atoms with E-state index in [-0.39, 0.29) is 5.41 Å². The minimum atomic E-state index is 0.113. The number of anilines is 2. The first-order chi connectivity index (χ1) is 7.97. The van der Waals surface area contributed by atoms with Gasteiger partial charge in [-0.15, -0.1) is 11.3 Å². The summed E-state index contributed by atoms with van der Waals surface area (Å²) in [4.78, 5) is 4.63. The van der Waals surface area contributed by atoms with Gasteiger partial charge in [-0.1, -0.05) is 39.0 Å². The molecule has 17 heavy (non-hydrogen) atoms. The second-order valence-corrected chi connectivity index (χ2v) is 6.09. The van der Waals surface area contributed by atoms with Crippen LogP contribution in [0.1, 0.15) is 32.0 Å². The SMILES string of the molecule is Cc1ccccc1Nc1nc(C(C)(C)C)cs1. The van der Waals surface area contributed by atoms with Crippen LogP contribution < -0.4 is 5.32 Å². The van der Waals surface area contributed by atoms with Gasteiger partial charge in [0, 0.05) is 16.5 Å². The highest BCUT2D eigenvalue weighted by molar-refractivity contribution is 7.13. The maximum Gasteiger partial charge on any atom is 0.187 e. The molecule has 1 aromatic carbocycles. The van der Waals surface area contributed by atoms with E-state index < -0.39 is 0 Å². The van der Waals surface area contributed by atoms with Crippen LogP contribution in [0.4, 0.5) is 10.8 Å². The lowest BCUT2D eigenvalue weighted by molar-refractivity contribution is 0.573. The van der Waals surface area contributed by atoms with Crippen LogP contribution in [0.15, 0.2) is 29.6 Å². The Kier molecular flexibility index (Phi) is 3.20. The number of hydrogen-bond donors (Lipinski definition) is 1. The first-order valence-electron chi connectivity index (χ1n) is 5.75. The van der Waals surface area contributed by atoms with Crippen molar-refractivity contribution in [3.8, 4) is 0 Å². The summed E-state index contributed by atoms with van der Waals surface area (Å²) in [6, 6.07) is 8.25. The van der Waals surface area contributed by atoms with Gasteiger partial charge < -0.3 is 5.32 Å². The van der Waals surface area contributed by atoms with Crippen LogP contribution in [0.25, 0.3) is 0 Å². The van der Waals surface area contributed by atoms with Gasteiger partial charge in [0.05, 0.1) is 5.69 Å². The van der Waals surface area contributed by atoms with E-state index in [0.29, 0.717) is 0 Å². The number of aromatic nitrogens is 1. The number of aryl methyl sites for hydroxylation is 1. The highest BCUT2D eigenvalue weighted by atomic mass is 32.1. The van der Waals surface area contributed by atoms with Crippen LogP contribution in [0.3, 0.4) is 0 Å². The van der Waals surface area contributed by atoms with Gasteiger partial charge >= 0.3 is 0 Å². The van der Waals surface area contributed by atoms with Gasteiger partial charge in [0.1, 0.15) is 0 Å². The number of hydrogen-bond acceptors (Lipinski definition) is 3. The molecule has 0 bridgehead atoms. The van der Waals surface area contributed by atoms with Crippen LogP contribution in [0.2, 0.25) is 0 Å². The summed E-state index contributed by atoms with van der Waals surface area (Å²) in [6.45, 7) is 8.64. The maximum absolute atomic E-state index is 4.63. The molecular weight excluding hydrogens is 228 g/mol. The molecule has 0 fully saturated rings. The number of rotatable bonds is 2. The molecule has 90 valence electrons. The number of nitrogens with zero attached hydrogens (tertiary/aromatic N) is 1. The third-order valence-corrected chi connectivity index (χ3v) is 3.42. The van der Waals surface area contributed by atoms with Gasteiger partial charge in [-0.2, -0.15) is 0 Å². The number of para-hydroxylation sites is 1. The van der Waals surface area contributed by atoms with Crippen molar-refractivity contribution in [2.24, 2.45) is 0 Å². The molecule has 2 aromatic rings. The van der Waals surface area contributed by atoms with Gasteiger partial charge in [0.25, 0.3) is 0 Å². The molecule has 0 saturated heterocycles. The van der Waals surface area contributed by atoms with Gasteiger partial charge in [-0.3, -0.25) is 0 Å². The number of thiazole rings is 1. The number of benzene rings is 1. The Morgan fingerprint density at radius 1 is 1.18 bits per heavy atom. The van der Waals surface area contributed by atoms with Crippen LogP contribution >= 0.6 is 11.3 Å². The summed E-state index contributed by atoms with van der Waals surface area (Å²) in [6.07, 6.45) is 0. The van der Waals surface area contributed by atoms with Gasteiger partial charge in [0.2, 0.25) is 0 Å². The molecule has 0 saturated carbocycles. The van der Waals surface area contributed by atoms with Gasteiger partial charge in [-0.05, 0) is 18.6 Å². The average molecular weight is 246 g/mol. The lowest BCUT2D eigenvalue weighted by Gasteiger charge is -2.14. The summed E-state index contributed by atoms with van der Waals surface area (Å²) in [7, 11) is 0. The Bertz CT molecular complexity index is 509. The minimum Gasteiger partial charge on any atom is -0.331 e. The second-order valence-electron chi connectivity index (χ2n) is 5.23. The van der Waals surface area contributed by atoms with E-state index in [9.17, 15) is 0 Å². The van der Waals surface area contributed by atoms with Crippen molar-refractivity contribution < 1.29 is 0 Å². The molecule has 3 heteroatoms. The molecule has 0 aliphatic heterocycles. The van der Waals surface area contributed by atoms with Gasteiger partial charge in [-0.25, -0.2) is 4.98 Å². The van der Waals surface area contributed by atoms with Crippen molar-refractivity contribution >= 4 is 22.2 Å². The molecule has 0 atom stereocenters. The highest BCUT2D eigenvalue weighted by Gasteiger charge is 2.17. The summed E-state index contributed by atoms with van der Waals surface area (Å²) >= 11 is 1.66. The summed E-state index contributed by atoms with van der Waals surface area (Å²) in [5.41, 5.74) is 3.61. The minimum absolute atomic E-state index is 0.113. The van der Waals surface area contributed by atoms with Crippen LogP contribution in [-0.2, 0) is 5.41 Å². The average Bonchev–Trinajstić information content (AvgIpc) is 2.69. The summed E-state index contributed by atoms with van der Waals surface area (Å²) in [5, 5.41) is 6.46. The van der Waals surface area contributed by atoms with Crippen LogP contribution in [-0.4, -0.2) is 4.98 Å². The standard InChI is InChI=1S/C14H18N2S/c1-10-7-5-6-8-11(10)15-13-16-12(9-17-13)14(2,3)4/h5-9H,1-4H3,(H,15,16). The Balaban J connectivity index is 2.21. The fourth-order valence-corrected chi connectivity index (χ4v) is 2.45. The monoisotopic (exact) mass is 246 g/mol. The molecule has 1 N–H and O–H groups in total. The molecule has 0 aliphatic rings. The van der Waals surface area contributed by atoms with E-state index in [2.05, 4.69) is 55.5 Å². The Morgan fingerprint density at radius 2 is 1.88 bits per heavy atom. The maximum atomic E-state index is 4.63. The summed E-state index contributed by atoms with van der Waals surface area (Å²) in [5.74, 6) is 0. The van der Waals surface area contributed by atoms with E-state index in [1.165, 1.54) is 5.56 Å². The zero-order valence-corrected chi connectivity index (χ0v) is 11.6. The third-order valence-electron chi connectivity index (χ3n) is 2.66. The highest BCUT2D eigenvalue weighted by Crippen LogP contribution is 2.28. The topological polar surface area (TPSA) is 24.9 Å². The van der Waals surface area contributed by atoms with E-state index >= 15 is 0 Å². The normalized spacial score (nSPS) is 11.5. The second kappa shape index (κ2) is 4.49. The molecule has 0 spiro atoms. The Morgan fingerprint density at radius 3 is 2.47 bits per heavy atom. The lowest BCUT2D eigenvalue weighted by Crippen LogP contribution is -2.11. The largest absolute Gasteiger partial charge is 0.331 e. The molecule has 0 radical (unpaired) electrons. The molecule has 1 heterocycles. The molecule has 0 unspecified atom stereocenters. The van der Waals surface area contributed by atoms with E-state index in [4.69, 9.17) is 0 Å². The quantitative estimate of drug-likeness (QED) is 0.844. The van der Waals surface area contributed by atoms with Crippen molar-refractivity contribution in [3.63, 3.8) is 0 Å². The fraction of sp³-hybridized carbons (Fsp3) is 0.357. The fourth-order valence-electron chi connectivity index (χ4n) is 1.50. The van der Waals surface area contributed by atoms with Crippen LogP contribution in [0, 0.1) is 6.92 Å². The Hall–Kier alpha value is -1.35. The van der Waals surface area contributed by atoms with E-state index in [0.717, 1.165) is 16.5 Å². The third kappa shape index (κ3) is 2.86. The predicted octanol–water partition coefficient (Wildman–Crippen LogP) is 4.49. The first-order valence-corrected chi connectivity index (χ1v) is 6.63. The van der Waals surface area contributed by atoms with E-state index in [1.807, 2.05) is 12.1 Å². The lowest BCUT2D eigenvalue weighted by atomic mass is 9.93. The summed E-state index contributed by atoms with van der Waals surface area (Å²) < 4.78 is 0. The molecule has 2 rings (SSSR count). The predicted molar refractivity (Wildman–Crippen MR) is 75.3 cm³/mol. The molecular formula is C14H18N2S. The molecule has 0 amide bonds. The zero-order valence-electron chi connectivity index (χ0n) is 10.7. The zero-order chi connectivity index (χ0) is 12.5. The number of nitrogens with one attached hydrogen (secondary N) is 1.